The summed E-state index contributed by atoms with van der Waals surface area (Å²) < 4.78 is 9.68. The Kier molecular flexibility index (Phi) is 8.32. The number of nitrogens with two attached hydrogens (primary N) is 1. The first-order valence-corrected chi connectivity index (χ1v) is 6.04. The summed E-state index contributed by atoms with van der Waals surface area (Å²) in [7, 11) is 2.80. The van der Waals surface area contributed by atoms with Gasteiger partial charge in [0.25, 0.3) is 0 Å². The van der Waals surface area contributed by atoms with E-state index in [1.54, 1.807) is 0 Å². The van der Waals surface area contributed by atoms with Crippen LogP contribution in [0.2, 0.25) is 0 Å². The third-order valence-corrected chi connectivity index (χ3v) is 2.54. The zero-order valence-electron chi connectivity index (χ0n) is 11.6. The molecule has 0 aromatic carbocycles. The van der Waals surface area contributed by atoms with Crippen LogP contribution in [0.15, 0.2) is 0 Å². The first-order valence-electron chi connectivity index (χ1n) is 6.04. The largest absolute Gasteiger partial charge is 0.467 e. The van der Waals surface area contributed by atoms with E-state index in [4.69, 9.17) is 10.5 Å². The average Bonchev–Trinajstić information content (AvgIpc) is 2.33. The van der Waals surface area contributed by atoms with Crippen molar-refractivity contribution < 1.29 is 19.1 Å². The van der Waals surface area contributed by atoms with Crippen LogP contribution in [0.25, 0.3) is 0 Å². The number of nitrogens with one attached hydrogen (secondary N) is 1. The average molecular weight is 260 g/mol. The molecule has 1 amide bonds. The van der Waals surface area contributed by atoms with Crippen LogP contribution in [-0.2, 0) is 19.1 Å². The van der Waals surface area contributed by atoms with Gasteiger partial charge in [-0.15, -0.1) is 0 Å². The summed E-state index contributed by atoms with van der Waals surface area (Å²) in [5, 5.41) is 2.65. The van der Waals surface area contributed by atoms with Crippen LogP contribution in [0, 0.1) is 5.92 Å². The van der Waals surface area contributed by atoms with E-state index in [2.05, 4.69) is 10.1 Å². The summed E-state index contributed by atoms with van der Waals surface area (Å²) >= 11 is 0. The van der Waals surface area contributed by atoms with Crippen LogP contribution in [-0.4, -0.2) is 44.8 Å². The van der Waals surface area contributed by atoms with Gasteiger partial charge in [0.2, 0.25) is 5.91 Å². The Morgan fingerprint density at radius 2 is 1.89 bits per heavy atom. The van der Waals surface area contributed by atoms with E-state index < -0.39 is 12.0 Å². The van der Waals surface area contributed by atoms with Gasteiger partial charge >= 0.3 is 5.97 Å². The molecule has 0 fully saturated rings. The first kappa shape index (κ1) is 16.9. The first-order chi connectivity index (χ1) is 8.44. The van der Waals surface area contributed by atoms with Crippen molar-refractivity contribution >= 4 is 11.9 Å². The monoisotopic (exact) mass is 260 g/mol. The van der Waals surface area contributed by atoms with Gasteiger partial charge in [-0.1, -0.05) is 13.8 Å². The molecule has 0 rings (SSSR count). The highest BCUT2D eigenvalue weighted by atomic mass is 16.5. The lowest BCUT2D eigenvalue weighted by Gasteiger charge is -2.19. The molecule has 0 aliphatic rings. The molecule has 0 bridgehead atoms. The number of amides is 1. The van der Waals surface area contributed by atoms with E-state index in [9.17, 15) is 9.59 Å². The van der Waals surface area contributed by atoms with Gasteiger partial charge in [0.15, 0.2) is 0 Å². The van der Waals surface area contributed by atoms with Gasteiger partial charge in [-0.25, -0.2) is 4.79 Å². The molecule has 0 aromatic rings. The number of hydrogen-bond acceptors (Lipinski definition) is 5. The summed E-state index contributed by atoms with van der Waals surface area (Å²) in [6.07, 6.45) is 0.347. The molecule has 0 radical (unpaired) electrons. The molecular formula is C12H24N2O4. The molecule has 6 nitrogen and oxygen atoms in total. The second-order valence-corrected chi connectivity index (χ2v) is 4.57. The molecule has 18 heavy (non-hydrogen) atoms. The lowest BCUT2D eigenvalue weighted by molar-refractivity contribution is -0.145. The Labute approximate surface area is 108 Å². The molecule has 0 aromatic heterocycles. The Morgan fingerprint density at radius 1 is 1.28 bits per heavy atom. The molecule has 0 saturated heterocycles. The summed E-state index contributed by atoms with van der Waals surface area (Å²) in [6, 6.07) is -0.613. The lowest BCUT2D eigenvalue weighted by atomic mass is 10.0. The Morgan fingerprint density at radius 3 is 2.28 bits per heavy atom. The van der Waals surface area contributed by atoms with E-state index in [1.165, 1.54) is 14.2 Å². The highest BCUT2D eigenvalue weighted by Crippen LogP contribution is 2.07. The molecule has 3 N–H and O–H groups in total. The van der Waals surface area contributed by atoms with Crippen molar-refractivity contribution in [2.24, 2.45) is 11.7 Å². The van der Waals surface area contributed by atoms with Crippen molar-refractivity contribution in [2.75, 3.05) is 20.8 Å². The van der Waals surface area contributed by atoms with Crippen molar-refractivity contribution in [3.05, 3.63) is 0 Å². The predicted molar refractivity (Wildman–Crippen MR) is 67.9 cm³/mol. The number of methoxy groups -OCH3 is 2. The number of rotatable bonds is 8. The van der Waals surface area contributed by atoms with Gasteiger partial charge in [0.05, 0.1) is 19.6 Å². The Bertz CT molecular complexity index is 265. The second-order valence-electron chi connectivity index (χ2n) is 4.57. The molecule has 2 unspecified atom stereocenters. The van der Waals surface area contributed by atoms with Crippen molar-refractivity contribution in [3.8, 4) is 0 Å². The minimum atomic E-state index is -0.613. The molecule has 106 valence electrons. The van der Waals surface area contributed by atoms with Gasteiger partial charge in [0.1, 0.15) is 6.04 Å². The summed E-state index contributed by atoms with van der Waals surface area (Å²) in [6.45, 7) is 4.21. The molecular weight excluding hydrogens is 236 g/mol. The van der Waals surface area contributed by atoms with Crippen LogP contribution >= 0.6 is 0 Å². The zero-order valence-corrected chi connectivity index (χ0v) is 11.6. The number of carbonyl (C=O) groups is 2. The van der Waals surface area contributed by atoms with E-state index >= 15 is 0 Å². The van der Waals surface area contributed by atoms with Crippen LogP contribution < -0.4 is 11.1 Å². The third-order valence-electron chi connectivity index (χ3n) is 2.54. The fourth-order valence-corrected chi connectivity index (χ4v) is 1.55. The van der Waals surface area contributed by atoms with Crippen LogP contribution in [0.1, 0.15) is 26.7 Å². The fraction of sp³-hybridized carbons (Fsp3) is 0.833. The van der Waals surface area contributed by atoms with Gasteiger partial charge in [-0.2, -0.15) is 0 Å². The SMILES string of the molecule is COC(=O)C(CC(C)C)NC(=O)CC(CN)OC. The maximum Gasteiger partial charge on any atom is 0.328 e. The second kappa shape index (κ2) is 8.88. The van der Waals surface area contributed by atoms with Crippen LogP contribution in [0.5, 0.6) is 0 Å². The lowest BCUT2D eigenvalue weighted by Crippen LogP contribution is -2.44. The predicted octanol–water partition coefficient (Wildman–Crippen LogP) is 0.0541. The highest BCUT2D eigenvalue weighted by Gasteiger charge is 2.23. The topological polar surface area (TPSA) is 90.7 Å². The Hall–Kier alpha value is -1.14. The quantitative estimate of drug-likeness (QED) is 0.602. The molecule has 6 heteroatoms. The van der Waals surface area contributed by atoms with Crippen molar-refractivity contribution in [3.63, 3.8) is 0 Å². The number of carbonyl (C=O) groups excluding carboxylic acids is 2. The minimum absolute atomic E-state index is 0.137. The Balaban J connectivity index is 4.38. The van der Waals surface area contributed by atoms with Crippen LogP contribution in [0.4, 0.5) is 0 Å². The number of ether oxygens (including phenoxy) is 2. The maximum atomic E-state index is 11.7. The molecule has 0 aliphatic heterocycles. The van der Waals surface area contributed by atoms with Gasteiger partial charge in [-0.05, 0) is 12.3 Å². The molecule has 0 aliphatic carbocycles. The molecule has 0 heterocycles. The minimum Gasteiger partial charge on any atom is -0.467 e. The number of hydrogen-bond donors (Lipinski definition) is 2. The van der Waals surface area contributed by atoms with E-state index in [0.29, 0.717) is 6.42 Å². The smallest absolute Gasteiger partial charge is 0.328 e. The number of esters is 1. The normalized spacial score (nSPS) is 14.1. The highest BCUT2D eigenvalue weighted by molar-refractivity contribution is 5.84. The fourth-order valence-electron chi connectivity index (χ4n) is 1.55. The van der Waals surface area contributed by atoms with E-state index in [1.807, 2.05) is 13.8 Å². The summed E-state index contributed by atoms with van der Waals surface area (Å²) in [4.78, 5) is 23.2. The van der Waals surface area contributed by atoms with E-state index in [-0.39, 0.29) is 30.9 Å². The van der Waals surface area contributed by atoms with Crippen molar-refractivity contribution in [2.45, 2.75) is 38.8 Å². The standard InChI is InChI=1S/C12H24N2O4/c1-8(2)5-10(12(16)18-4)14-11(15)6-9(7-13)17-3/h8-10H,5-7,13H2,1-4H3,(H,14,15). The zero-order chi connectivity index (χ0) is 14.1. The van der Waals surface area contributed by atoms with E-state index in [0.717, 1.165) is 0 Å². The molecule has 0 spiro atoms. The summed E-state index contributed by atoms with van der Waals surface area (Å²) in [5.74, 6) is -0.413. The maximum absolute atomic E-state index is 11.7. The van der Waals surface area contributed by atoms with Crippen LogP contribution in [0.3, 0.4) is 0 Å². The summed E-state index contributed by atoms with van der Waals surface area (Å²) in [5.41, 5.74) is 5.43. The van der Waals surface area contributed by atoms with Crippen molar-refractivity contribution in [1.82, 2.24) is 5.32 Å². The molecule has 2 atom stereocenters. The van der Waals surface area contributed by atoms with Crippen molar-refractivity contribution in [1.29, 1.82) is 0 Å². The third kappa shape index (κ3) is 6.56. The van der Waals surface area contributed by atoms with Gasteiger partial charge in [-0.3, -0.25) is 4.79 Å². The van der Waals surface area contributed by atoms with Gasteiger partial charge in [0, 0.05) is 13.7 Å². The molecule has 0 saturated carbocycles. The van der Waals surface area contributed by atoms with Gasteiger partial charge < -0.3 is 20.5 Å².